The van der Waals surface area contributed by atoms with Crippen LogP contribution in [-0.4, -0.2) is 46.3 Å². The van der Waals surface area contributed by atoms with E-state index in [-0.39, 0.29) is 13.1 Å². The van der Waals surface area contributed by atoms with Gasteiger partial charge in [-0.15, -0.1) is 0 Å². The van der Waals surface area contributed by atoms with Gasteiger partial charge in [-0.3, -0.25) is 0 Å². The maximum Gasteiger partial charge on any atom is 0.243 e. The van der Waals surface area contributed by atoms with Gasteiger partial charge in [0.2, 0.25) is 10.0 Å². The van der Waals surface area contributed by atoms with Crippen LogP contribution in [0.3, 0.4) is 0 Å². The molecule has 1 aromatic carbocycles. The van der Waals surface area contributed by atoms with Crippen molar-refractivity contribution in [3.63, 3.8) is 0 Å². The van der Waals surface area contributed by atoms with Crippen LogP contribution in [0.5, 0.6) is 0 Å². The van der Waals surface area contributed by atoms with Crippen LogP contribution in [-0.2, 0) is 28.5 Å². The van der Waals surface area contributed by atoms with Gasteiger partial charge in [-0.05, 0) is 48.9 Å². The largest absolute Gasteiger partial charge is 0.382 e. The number of hydrogen-bond donors (Lipinski definition) is 2. The summed E-state index contributed by atoms with van der Waals surface area (Å²) in [7, 11) is -3.61. The van der Waals surface area contributed by atoms with Crippen molar-refractivity contribution in [1.82, 2.24) is 19.7 Å². The highest BCUT2D eigenvalue weighted by Crippen LogP contribution is 2.34. The Bertz CT molecular complexity index is 834. The van der Waals surface area contributed by atoms with E-state index in [1.54, 1.807) is 12.1 Å². The Morgan fingerprint density at radius 3 is 2.87 bits per heavy atom. The first-order valence-electron chi connectivity index (χ1n) is 7.70. The second-order valence-electron chi connectivity index (χ2n) is 6.26. The molecule has 2 aromatic rings. The molecule has 2 heterocycles. The van der Waals surface area contributed by atoms with Crippen LogP contribution in [0.15, 0.2) is 29.3 Å². The SMILES string of the molecule is O=S(=O)(c1ccc2c(c1)CCC2)N1CC[C@](O)(c2cn[nH]n2)C1. The summed E-state index contributed by atoms with van der Waals surface area (Å²) in [5.74, 6) is 0. The van der Waals surface area contributed by atoms with Crippen molar-refractivity contribution in [1.29, 1.82) is 0 Å². The van der Waals surface area contributed by atoms with E-state index in [1.807, 2.05) is 6.07 Å². The molecule has 1 aliphatic carbocycles. The molecule has 0 bridgehead atoms. The molecule has 2 aliphatic rings. The van der Waals surface area contributed by atoms with E-state index in [4.69, 9.17) is 0 Å². The molecule has 23 heavy (non-hydrogen) atoms. The van der Waals surface area contributed by atoms with E-state index in [0.29, 0.717) is 17.0 Å². The average Bonchev–Trinajstić information content (AvgIpc) is 3.27. The number of benzene rings is 1. The van der Waals surface area contributed by atoms with Gasteiger partial charge in [0.05, 0.1) is 11.1 Å². The van der Waals surface area contributed by atoms with Crippen molar-refractivity contribution >= 4 is 10.0 Å². The number of β-amino-alcohol motifs (C(OH)–C–C–N with tert-alkyl or cyclic N) is 1. The molecule has 1 aliphatic heterocycles. The summed E-state index contributed by atoms with van der Waals surface area (Å²) < 4.78 is 27.1. The lowest BCUT2D eigenvalue weighted by molar-refractivity contribution is 0.0485. The highest BCUT2D eigenvalue weighted by Gasteiger charge is 2.44. The van der Waals surface area contributed by atoms with Gasteiger partial charge in [-0.2, -0.15) is 19.7 Å². The Labute approximate surface area is 134 Å². The van der Waals surface area contributed by atoms with Crippen molar-refractivity contribution in [2.45, 2.75) is 36.2 Å². The predicted molar refractivity (Wildman–Crippen MR) is 82.1 cm³/mol. The minimum Gasteiger partial charge on any atom is -0.382 e. The van der Waals surface area contributed by atoms with Crippen LogP contribution in [0, 0.1) is 0 Å². The molecule has 0 spiro atoms. The molecule has 1 atom stereocenters. The Balaban J connectivity index is 1.63. The van der Waals surface area contributed by atoms with Gasteiger partial charge in [0.1, 0.15) is 11.3 Å². The normalized spacial score (nSPS) is 24.9. The molecule has 1 aromatic heterocycles. The van der Waals surface area contributed by atoms with E-state index in [2.05, 4.69) is 15.4 Å². The second kappa shape index (κ2) is 5.12. The van der Waals surface area contributed by atoms with Crippen LogP contribution >= 0.6 is 0 Å². The number of aliphatic hydroxyl groups is 1. The number of fused-ring (bicyclic) bond motifs is 1. The standard InChI is InChI=1S/C15H18N4O3S/c20-15(14-9-16-18-17-14)6-7-19(10-15)23(21,22)13-5-4-11-2-1-3-12(11)8-13/h4-5,8-9,20H,1-3,6-7,10H2,(H,16,17,18)/t15-/m1/s1. The Kier molecular flexibility index (Phi) is 3.29. The zero-order valence-electron chi connectivity index (χ0n) is 12.6. The molecule has 1 saturated heterocycles. The monoisotopic (exact) mass is 334 g/mol. The van der Waals surface area contributed by atoms with Gasteiger partial charge in [0.25, 0.3) is 0 Å². The molecule has 0 saturated carbocycles. The number of rotatable bonds is 3. The topological polar surface area (TPSA) is 99.2 Å². The Hall–Kier alpha value is -1.77. The average molecular weight is 334 g/mol. The minimum atomic E-state index is -3.61. The summed E-state index contributed by atoms with van der Waals surface area (Å²) in [6.07, 6.45) is 4.77. The molecular weight excluding hydrogens is 316 g/mol. The molecule has 122 valence electrons. The van der Waals surface area contributed by atoms with E-state index in [9.17, 15) is 13.5 Å². The summed E-state index contributed by atoms with van der Waals surface area (Å²) in [6.45, 7) is 0.266. The molecule has 0 radical (unpaired) electrons. The lowest BCUT2D eigenvalue weighted by Gasteiger charge is -2.21. The van der Waals surface area contributed by atoms with E-state index in [0.717, 1.165) is 24.8 Å². The van der Waals surface area contributed by atoms with Crippen molar-refractivity contribution in [2.75, 3.05) is 13.1 Å². The van der Waals surface area contributed by atoms with E-state index in [1.165, 1.54) is 16.1 Å². The Morgan fingerprint density at radius 2 is 2.09 bits per heavy atom. The summed E-state index contributed by atoms with van der Waals surface area (Å²) in [5.41, 5.74) is 1.46. The summed E-state index contributed by atoms with van der Waals surface area (Å²) in [6, 6.07) is 5.37. The van der Waals surface area contributed by atoms with Gasteiger partial charge in [0.15, 0.2) is 0 Å². The van der Waals surface area contributed by atoms with Crippen LogP contribution in [0.2, 0.25) is 0 Å². The zero-order valence-corrected chi connectivity index (χ0v) is 13.4. The minimum absolute atomic E-state index is 0.00104. The number of nitrogens with zero attached hydrogens (tertiary/aromatic N) is 3. The first-order chi connectivity index (χ1) is 11.0. The quantitative estimate of drug-likeness (QED) is 0.855. The maximum absolute atomic E-state index is 12.9. The lowest BCUT2D eigenvalue weighted by atomic mass is 10.0. The summed E-state index contributed by atoms with van der Waals surface area (Å²) in [5, 5.41) is 20.7. The number of aromatic amines is 1. The molecule has 1 fully saturated rings. The molecule has 0 unspecified atom stereocenters. The van der Waals surface area contributed by atoms with Gasteiger partial charge in [-0.1, -0.05) is 6.07 Å². The van der Waals surface area contributed by atoms with E-state index < -0.39 is 15.6 Å². The number of hydrogen-bond acceptors (Lipinski definition) is 5. The summed E-state index contributed by atoms with van der Waals surface area (Å²) in [4.78, 5) is 0.308. The molecular formula is C15H18N4O3S. The highest BCUT2D eigenvalue weighted by molar-refractivity contribution is 7.89. The Morgan fingerprint density at radius 1 is 1.26 bits per heavy atom. The fraction of sp³-hybridized carbons (Fsp3) is 0.467. The molecule has 2 N–H and O–H groups in total. The first kappa shape index (κ1) is 14.8. The van der Waals surface area contributed by atoms with Gasteiger partial charge in [0, 0.05) is 13.1 Å². The fourth-order valence-electron chi connectivity index (χ4n) is 3.46. The third-order valence-corrected chi connectivity index (χ3v) is 6.65. The lowest BCUT2D eigenvalue weighted by Crippen LogP contribution is -2.34. The van der Waals surface area contributed by atoms with Crippen LogP contribution < -0.4 is 0 Å². The van der Waals surface area contributed by atoms with Crippen LogP contribution in [0.25, 0.3) is 0 Å². The molecule has 0 amide bonds. The number of nitrogens with one attached hydrogen (secondary N) is 1. The third-order valence-electron chi connectivity index (χ3n) is 4.81. The molecule has 8 heteroatoms. The molecule has 7 nitrogen and oxygen atoms in total. The van der Waals surface area contributed by atoms with Gasteiger partial charge >= 0.3 is 0 Å². The predicted octanol–water partition coefficient (Wildman–Crippen LogP) is 0.576. The number of aryl methyl sites for hydroxylation is 2. The summed E-state index contributed by atoms with van der Waals surface area (Å²) >= 11 is 0. The van der Waals surface area contributed by atoms with Crippen molar-refractivity contribution < 1.29 is 13.5 Å². The number of aromatic nitrogens is 3. The second-order valence-corrected chi connectivity index (χ2v) is 8.20. The third kappa shape index (κ3) is 2.37. The zero-order chi connectivity index (χ0) is 16.1. The van der Waals surface area contributed by atoms with E-state index >= 15 is 0 Å². The highest BCUT2D eigenvalue weighted by atomic mass is 32.2. The molecule has 4 rings (SSSR count). The first-order valence-corrected chi connectivity index (χ1v) is 9.14. The number of sulfonamides is 1. The van der Waals surface area contributed by atoms with Crippen molar-refractivity contribution in [2.24, 2.45) is 0 Å². The smallest absolute Gasteiger partial charge is 0.243 e. The van der Waals surface area contributed by atoms with Gasteiger partial charge in [-0.25, -0.2) is 8.42 Å². The number of H-pyrrole nitrogens is 1. The van der Waals surface area contributed by atoms with Crippen LogP contribution in [0.1, 0.15) is 29.7 Å². The van der Waals surface area contributed by atoms with Crippen molar-refractivity contribution in [3.05, 3.63) is 41.2 Å². The van der Waals surface area contributed by atoms with Crippen molar-refractivity contribution in [3.8, 4) is 0 Å². The van der Waals surface area contributed by atoms with Crippen LogP contribution in [0.4, 0.5) is 0 Å². The van der Waals surface area contributed by atoms with Gasteiger partial charge < -0.3 is 5.11 Å². The maximum atomic E-state index is 12.9. The fourth-order valence-corrected chi connectivity index (χ4v) is 5.00.